The molecule has 3 rings (SSSR count). The van der Waals surface area contributed by atoms with Crippen LogP contribution in [0.15, 0.2) is 42.7 Å². The molecular weight excluding hydrogens is 340 g/mol. The zero-order valence-corrected chi connectivity index (χ0v) is 16.2. The molecule has 27 heavy (non-hydrogen) atoms. The summed E-state index contributed by atoms with van der Waals surface area (Å²) in [6.45, 7) is 7.65. The summed E-state index contributed by atoms with van der Waals surface area (Å²) in [5.41, 5.74) is 2.94. The van der Waals surface area contributed by atoms with Crippen LogP contribution in [0.5, 0.6) is 5.75 Å². The molecule has 2 heterocycles. The standard InChI is InChI=1S/C20H26N6O/c1-5-21-19-17(18-10-11-22-20(25-18)24-14(2)3)12-23-26(19)13-15-6-8-16(27-4)9-7-15/h6-12,14,21H,5,13H2,1-4H3,(H,22,24,25). The summed E-state index contributed by atoms with van der Waals surface area (Å²) in [6.07, 6.45) is 3.62. The quantitative estimate of drug-likeness (QED) is 0.634. The van der Waals surface area contributed by atoms with E-state index in [4.69, 9.17) is 4.74 Å². The highest BCUT2D eigenvalue weighted by molar-refractivity contribution is 5.73. The average Bonchev–Trinajstić information content (AvgIpc) is 3.05. The van der Waals surface area contributed by atoms with E-state index in [1.54, 1.807) is 13.3 Å². The van der Waals surface area contributed by atoms with Gasteiger partial charge in [-0.25, -0.2) is 14.6 Å². The fourth-order valence-corrected chi connectivity index (χ4v) is 2.79. The van der Waals surface area contributed by atoms with E-state index in [1.165, 1.54) is 0 Å². The van der Waals surface area contributed by atoms with Crippen molar-refractivity contribution in [1.29, 1.82) is 0 Å². The third-order valence-electron chi connectivity index (χ3n) is 4.02. The van der Waals surface area contributed by atoms with Crippen LogP contribution >= 0.6 is 0 Å². The highest BCUT2D eigenvalue weighted by Gasteiger charge is 2.14. The van der Waals surface area contributed by atoms with Crippen molar-refractivity contribution in [2.75, 3.05) is 24.3 Å². The van der Waals surface area contributed by atoms with Gasteiger partial charge in [-0.1, -0.05) is 12.1 Å². The molecule has 3 aromatic rings. The van der Waals surface area contributed by atoms with Gasteiger partial charge in [-0.2, -0.15) is 5.10 Å². The first-order chi connectivity index (χ1) is 13.1. The molecule has 0 aliphatic heterocycles. The number of ether oxygens (including phenoxy) is 1. The van der Waals surface area contributed by atoms with Crippen LogP contribution in [0.3, 0.4) is 0 Å². The lowest BCUT2D eigenvalue weighted by molar-refractivity contribution is 0.414. The van der Waals surface area contributed by atoms with Crippen LogP contribution in [0.4, 0.5) is 11.8 Å². The Morgan fingerprint density at radius 3 is 2.59 bits per heavy atom. The molecule has 1 aromatic carbocycles. The van der Waals surface area contributed by atoms with Gasteiger partial charge in [0.05, 0.1) is 31.1 Å². The van der Waals surface area contributed by atoms with Crippen molar-refractivity contribution in [2.24, 2.45) is 0 Å². The van der Waals surface area contributed by atoms with Crippen molar-refractivity contribution in [2.45, 2.75) is 33.4 Å². The molecule has 0 saturated heterocycles. The number of anilines is 2. The smallest absolute Gasteiger partial charge is 0.223 e. The van der Waals surface area contributed by atoms with Crippen LogP contribution in [0.2, 0.25) is 0 Å². The van der Waals surface area contributed by atoms with Crippen molar-refractivity contribution < 1.29 is 4.74 Å². The van der Waals surface area contributed by atoms with Gasteiger partial charge < -0.3 is 15.4 Å². The maximum Gasteiger partial charge on any atom is 0.223 e. The molecule has 0 fully saturated rings. The van der Waals surface area contributed by atoms with Crippen molar-refractivity contribution in [1.82, 2.24) is 19.7 Å². The van der Waals surface area contributed by atoms with E-state index in [0.717, 1.165) is 34.9 Å². The van der Waals surface area contributed by atoms with Crippen molar-refractivity contribution in [3.8, 4) is 17.0 Å². The van der Waals surface area contributed by atoms with Crippen molar-refractivity contribution in [3.63, 3.8) is 0 Å². The number of hydrogen-bond donors (Lipinski definition) is 2. The van der Waals surface area contributed by atoms with E-state index in [0.29, 0.717) is 12.5 Å². The summed E-state index contributed by atoms with van der Waals surface area (Å²) in [5.74, 6) is 2.41. The fourth-order valence-electron chi connectivity index (χ4n) is 2.79. The molecule has 2 aromatic heterocycles. The number of hydrogen-bond acceptors (Lipinski definition) is 6. The van der Waals surface area contributed by atoms with E-state index in [9.17, 15) is 0 Å². The molecule has 0 bridgehead atoms. The largest absolute Gasteiger partial charge is 0.497 e. The average molecular weight is 366 g/mol. The first-order valence-corrected chi connectivity index (χ1v) is 9.13. The van der Waals surface area contributed by atoms with Crippen molar-refractivity contribution in [3.05, 3.63) is 48.3 Å². The Morgan fingerprint density at radius 1 is 1.15 bits per heavy atom. The summed E-state index contributed by atoms with van der Waals surface area (Å²) in [4.78, 5) is 8.93. The van der Waals surface area contributed by atoms with Gasteiger partial charge in [0, 0.05) is 18.8 Å². The lowest BCUT2D eigenvalue weighted by Gasteiger charge is -2.12. The number of methoxy groups -OCH3 is 1. The molecule has 0 aliphatic carbocycles. The van der Waals surface area contributed by atoms with Gasteiger partial charge in [0.1, 0.15) is 11.6 Å². The summed E-state index contributed by atoms with van der Waals surface area (Å²) in [6, 6.07) is 10.2. The number of nitrogens with one attached hydrogen (secondary N) is 2. The minimum absolute atomic E-state index is 0.270. The molecule has 0 radical (unpaired) electrons. The Balaban J connectivity index is 1.90. The van der Waals surface area contributed by atoms with Gasteiger partial charge in [0.15, 0.2) is 0 Å². The van der Waals surface area contributed by atoms with Crippen molar-refractivity contribution >= 4 is 11.8 Å². The Labute approximate surface area is 159 Å². The third-order valence-corrected chi connectivity index (χ3v) is 4.02. The van der Waals surface area contributed by atoms with Gasteiger partial charge >= 0.3 is 0 Å². The Hall–Kier alpha value is -3.09. The first-order valence-electron chi connectivity index (χ1n) is 9.13. The highest BCUT2D eigenvalue weighted by atomic mass is 16.5. The summed E-state index contributed by atoms with van der Waals surface area (Å²) in [5, 5.41) is 11.2. The van der Waals surface area contributed by atoms with Crippen LogP contribution in [0.1, 0.15) is 26.3 Å². The monoisotopic (exact) mass is 366 g/mol. The molecule has 0 aliphatic rings. The van der Waals surface area contributed by atoms with Crippen LogP contribution in [0.25, 0.3) is 11.3 Å². The molecular formula is C20H26N6O. The molecule has 7 heteroatoms. The summed E-state index contributed by atoms with van der Waals surface area (Å²) >= 11 is 0. The normalized spacial score (nSPS) is 10.9. The second-order valence-corrected chi connectivity index (χ2v) is 6.51. The number of rotatable bonds is 8. The predicted octanol–water partition coefficient (Wildman–Crippen LogP) is 3.65. The number of nitrogens with zero attached hydrogens (tertiary/aromatic N) is 4. The summed E-state index contributed by atoms with van der Waals surface area (Å²) < 4.78 is 7.18. The van der Waals surface area contributed by atoms with Gasteiger partial charge in [0.25, 0.3) is 0 Å². The Bertz CT molecular complexity index is 872. The molecule has 7 nitrogen and oxygen atoms in total. The van der Waals surface area contributed by atoms with Gasteiger partial charge in [-0.05, 0) is 44.5 Å². The van der Waals surface area contributed by atoms with E-state index < -0.39 is 0 Å². The lowest BCUT2D eigenvalue weighted by Crippen LogP contribution is -2.12. The molecule has 0 atom stereocenters. The van der Waals surface area contributed by atoms with Gasteiger partial charge in [-0.3, -0.25) is 0 Å². The first kappa shape index (κ1) is 18.7. The topological polar surface area (TPSA) is 76.9 Å². The zero-order valence-electron chi connectivity index (χ0n) is 16.2. The van der Waals surface area contributed by atoms with E-state index in [-0.39, 0.29) is 6.04 Å². The molecule has 0 spiro atoms. The molecule has 2 N–H and O–H groups in total. The predicted molar refractivity (Wildman–Crippen MR) is 108 cm³/mol. The van der Waals surface area contributed by atoms with Gasteiger partial charge in [0.2, 0.25) is 5.95 Å². The molecule has 142 valence electrons. The highest BCUT2D eigenvalue weighted by Crippen LogP contribution is 2.27. The minimum atomic E-state index is 0.270. The van der Waals surface area contributed by atoms with E-state index in [1.807, 2.05) is 41.2 Å². The zero-order chi connectivity index (χ0) is 19.2. The molecule has 0 unspecified atom stereocenters. The second kappa shape index (κ2) is 8.53. The third kappa shape index (κ3) is 4.55. The fraction of sp³-hybridized carbons (Fsp3) is 0.350. The maximum absolute atomic E-state index is 5.23. The van der Waals surface area contributed by atoms with Crippen LogP contribution in [0, 0.1) is 0 Å². The Kier molecular flexibility index (Phi) is 5.90. The van der Waals surface area contributed by atoms with E-state index in [2.05, 4.69) is 46.5 Å². The SMILES string of the molecule is CCNc1c(-c2ccnc(NC(C)C)n2)cnn1Cc1ccc(OC)cc1. The Morgan fingerprint density at radius 2 is 1.93 bits per heavy atom. The maximum atomic E-state index is 5.23. The second-order valence-electron chi connectivity index (χ2n) is 6.51. The number of benzene rings is 1. The van der Waals surface area contributed by atoms with Crippen LogP contribution in [-0.4, -0.2) is 39.4 Å². The molecule has 0 amide bonds. The van der Waals surface area contributed by atoms with Crippen LogP contribution < -0.4 is 15.4 Å². The lowest BCUT2D eigenvalue weighted by atomic mass is 10.2. The number of aromatic nitrogens is 4. The van der Waals surface area contributed by atoms with Crippen LogP contribution in [-0.2, 0) is 6.54 Å². The summed E-state index contributed by atoms with van der Waals surface area (Å²) in [7, 11) is 1.67. The van der Waals surface area contributed by atoms with E-state index >= 15 is 0 Å². The van der Waals surface area contributed by atoms with Gasteiger partial charge in [-0.15, -0.1) is 0 Å². The minimum Gasteiger partial charge on any atom is -0.497 e. The molecule has 0 saturated carbocycles.